The SMILES string of the molecule is Brc1ccc(Oc2ccc3cccnc3c2)nc1. The molecule has 0 radical (unpaired) electrons. The molecule has 0 unspecified atom stereocenters. The van der Waals surface area contributed by atoms with Crippen LogP contribution in [0.1, 0.15) is 0 Å². The van der Waals surface area contributed by atoms with E-state index < -0.39 is 0 Å². The maximum absolute atomic E-state index is 5.67. The number of halogens is 1. The highest BCUT2D eigenvalue weighted by Crippen LogP contribution is 2.23. The molecular formula is C14H9BrN2O. The summed E-state index contributed by atoms with van der Waals surface area (Å²) in [4.78, 5) is 8.45. The summed E-state index contributed by atoms with van der Waals surface area (Å²) in [6.07, 6.45) is 3.47. The number of nitrogens with zero attached hydrogens (tertiary/aromatic N) is 2. The Morgan fingerprint density at radius 3 is 2.78 bits per heavy atom. The van der Waals surface area contributed by atoms with Crippen molar-refractivity contribution in [2.24, 2.45) is 0 Å². The van der Waals surface area contributed by atoms with Gasteiger partial charge >= 0.3 is 0 Å². The lowest BCUT2D eigenvalue weighted by Crippen LogP contribution is -1.87. The molecule has 0 saturated heterocycles. The molecule has 0 fully saturated rings. The van der Waals surface area contributed by atoms with E-state index in [4.69, 9.17) is 4.74 Å². The minimum atomic E-state index is 0.563. The van der Waals surface area contributed by atoms with Gasteiger partial charge in [0.15, 0.2) is 0 Å². The predicted molar refractivity (Wildman–Crippen MR) is 73.8 cm³/mol. The smallest absolute Gasteiger partial charge is 0.219 e. The zero-order chi connectivity index (χ0) is 12.4. The van der Waals surface area contributed by atoms with Gasteiger partial charge in [-0.05, 0) is 40.2 Å². The summed E-state index contributed by atoms with van der Waals surface area (Å²) < 4.78 is 6.60. The van der Waals surface area contributed by atoms with E-state index in [9.17, 15) is 0 Å². The highest BCUT2D eigenvalue weighted by atomic mass is 79.9. The number of hydrogen-bond acceptors (Lipinski definition) is 3. The lowest BCUT2D eigenvalue weighted by molar-refractivity contribution is 0.463. The minimum absolute atomic E-state index is 0.563. The van der Waals surface area contributed by atoms with Gasteiger partial charge in [0.1, 0.15) is 5.75 Å². The molecule has 2 heterocycles. The number of pyridine rings is 2. The third-order valence-electron chi connectivity index (χ3n) is 2.50. The first-order valence-corrected chi connectivity index (χ1v) is 6.25. The summed E-state index contributed by atoms with van der Waals surface area (Å²) in [5.74, 6) is 1.30. The fourth-order valence-electron chi connectivity index (χ4n) is 1.65. The molecule has 0 spiro atoms. The van der Waals surface area contributed by atoms with Crippen molar-refractivity contribution in [2.75, 3.05) is 0 Å². The van der Waals surface area contributed by atoms with Gasteiger partial charge in [-0.1, -0.05) is 6.07 Å². The molecule has 0 aliphatic heterocycles. The fourth-order valence-corrected chi connectivity index (χ4v) is 1.89. The molecule has 88 valence electrons. The van der Waals surface area contributed by atoms with E-state index in [0.29, 0.717) is 5.88 Å². The molecule has 0 aliphatic rings. The summed E-state index contributed by atoms with van der Waals surface area (Å²) in [5, 5.41) is 1.09. The number of hydrogen-bond donors (Lipinski definition) is 0. The molecule has 1 aromatic carbocycles. The second kappa shape index (κ2) is 4.74. The topological polar surface area (TPSA) is 35.0 Å². The Morgan fingerprint density at radius 2 is 1.94 bits per heavy atom. The molecule has 2 aromatic heterocycles. The van der Waals surface area contributed by atoms with Crippen molar-refractivity contribution in [3.05, 3.63) is 59.3 Å². The molecule has 3 rings (SSSR count). The predicted octanol–water partition coefficient (Wildman–Crippen LogP) is 4.18. The van der Waals surface area contributed by atoms with Gasteiger partial charge in [-0.25, -0.2) is 4.98 Å². The van der Waals surface area contributed by atoms with E-state index in [0.717, 1.165) is 21.1 Å². The van der Waals surface area contributed by atoms with Crippen LogP contribution in [0.25, 0.3) is 10.9 Å². The van der Waals surface area contributed by atoms with Crippen LogP contribution in [-0.2, 0) is 0 Å². The number of benzene rings is 1. The average molecular weight is 301 g/mol. The Bertz CT molecular complexity index is 683. The van der Waals surface area contributed by atoms with Crippen LogP contribution in [0.3, 0.4) is 0 Å². The lowest BCUT2D eigenvalue weighted by atomic mass is 10.2. The summed E-state index contributed by atoms with van der Waals surface area (Å²) in [7, 11) is 0. The molecule has 4 heteroatoms. The summed E-state index contributed by atoms with van der Waals surface area (Å²) in [5.41, 5.74) is 0.909. The largest absolute Gasteiger partial charge is 0.439 e. The van der Waals surface area contributed by atoms with Crippen molar-refractivity contribution >= 4 is 26.8 Å². The molecule has 0 atom stereocenters. The van der Waals surface area contributed by atoms with Crippen molar-refractivity contribution < 1.29 is 4.74 Å². The first kappa shape index (κ1) is 11.2. The molecular weight excluding hydrogens is 292 g/mol. The highest BCUT2D eigenvalue weighted by molar-refractivity contribution is 9.10. The van der Waals surface area contributed by atoms with Crippen LogP contribution < -0.4 is 4.74 Å². The number of aromatic nitrogens is 2. The Labute approximate surface area is 113 Å². The molecule has 0 aliphatic carbocycles. The van der Waals surface area contributed by atoms with Gasteiger partial charge in [-0.15, -0.1) is 0 Å². The number of rotatable bonds is 2. The van der Waals surface area contributed by atoms with Crippen LogP contribution in [0.4, 0.5) is 0 Å². The molecule has 0 bridgehead atoms. The second-order valence-electron chi connectivity index (χ2n) is 3.77. The molecule has 0 N–H and O–H groups in total. The van der Waals surface area contributed by atoms with Crippen molar-refractivity contribution in [1.29, 1.82) is 0 Å². The first-order chi connectivity index (χ1) is 8.81. The Kier molecular flexibility index (Phi) is 2.94. The summed E-state index contributed by atoms with van der Waals surface area (Å²) in [6.45, 7) is 0. The van der Waals surface area contributed by atoms with E-state index in [2.05, 4.69) is 25.9 Å². The van der Waals surface area contributed by atoms with Crippen LogP contribution in [0.2, 0.25) is 0 Å². The molecule has 18 heavy (non-hydrogen) atoms. The third kappa shape index (κ3) is 2.33. The average Bonchev–Trinajstić information content (AvgIpc) is 2.41. The normalized spacial score (nSPS) is 10.5. The van der Waals surface area contributed by atoms with E-state index in [-0.39, 0.29) is 0 Å². The Morgan fingerprint density at radius 1 is 1.00 bits per heavy atom. The van der Waals surface area contributed by atoms with E-state index in [1.807, 2.05) is 42.5 Å². The number of ether oxygens (including phenoxy) is 1. The molecule has 0 amide bonds. The molecule has 3 nitrogen and oxygen atoms in total. The third-order valence-corrected chi connectivity index (χ3v) is 2.97. The Hall–Kier alpha value is -1.94. The van der Waals surface area contributed by atoms with Crippen molar-refractivity contribution in [1.82, 2.24) is 9.97 Å². The maximum atomic E-state index is 5.67. The number of fused-ring (bicyclic) bond motifs is 1. The van der Waals surface area contributed by atoms with Crippen LogP contribution in [0.15, 0.2) is 59.3 Å². The zero-order valence-corrected chi connectivity index (χ0v) is 11.0. The summed E-state index contributed by atoms with van der Waals surface area (Å²) >= 11 is 3.34. The lowest BCUT2D eigenvalue weighted by Gasteiger charge is -2.05. The van der Waals surface area contributed by atoms with Crippen LogP contribution >= 0.6 is 15.9 Å². The fraction of sp³-hybridized carbons (Fsp3) is 0. The van der Waals surface area contributed by atoms with Crippen LogP contribution in [0, 0.1) is 0 Å². The second-order valence-corrected chi connectivity index (χ2v) is 4.69. The van der Waals surface area contributed by atoms with E-state index in [1.54, 1.807) is 12.4 Å². The minimum Gasteiger partial charge on any atom is -0.439 e. The van der Waals surface area contributed by atoms with E-state index in [1.165, 1.54) is 0 Å². The quantitative estimate of drug-likeness (QED) is 0.712. The van der Waals surface area contributed by atoms with E-state index >= 15 is 0 Å². The van der Waals surface area contributed by atoms with Gasteiger partial charge in [0.25, 0.3) is 0 Å². The highest BCUT2D eigenvalue weighted by Gasteiger charge is 2.00. The van der Waals surface area contributed by atoms with Gasteiger partial charge in [-0.2, -0.15) is 0 Å². The van der Waals surface area contributed by atoms with Gasteiger partial charge < -0.3 is 4.74 Å². The van der Waals surface area contributed by atoms with Crippen molar-refractivity contribution in [3.8, 4) is 11.6 Å². The van der Waals surface area contributed by atoms with Gasteiger partial charge in [0, 0.05) is 34.4 Å². The van der Waals surface area contributed by atoms with Gasteiger partial charge in [0.2, 0.25) is 5.88 Å². The van der Waals surface area contributed by atoms with Gasteiger partial charge in [0.05, 0.1) is 5.52 Å². The summed E-state index contributed by atoms with van der Waals surface area (Å²) in [6, 6.07) is 13.4. The molecule has 3 aromatic rings. The zero-order valence-electron chi connectivity index (χ0n) is 9.38. The van der Waals surface area contributed by atoms with Crippen LogP contribution in [-0.4, -0.2) is 9.97 Å². The van der Waals surface area contributed by atoms with Crippen molar-refractivity contribution in [3.63, 3.8) is 0 Å². The molecule has 0 saturated carbocycles. The Balaban J connectivity index is 1.92. The maximum Gasteiger partial charge on any atom is 0.219 e. The van der Waals surface area contributed by atoms with Crippen LogP contribution in [0.5, 0.6) is 11.6 Å². The van der Waals surface area contributed by atoms with Gasteiger partial charge in [-0.3, -0.25) is 4.98 Å². The van der Waals surface area contributed by atoms with Crippen molar-refractivity contribution in [2.45, 2.75) is 0 Å². The standard InChI is InChI=1S/C14H9BrN2O/c15-11-4-6-14(17-9-11)18-12-5-3-10-2-1-7-16-13(10)8-12/h1-9H. The monoisotopic (exact) mass is 300 g/mol. The first-order valence-electron chi connectivity index (χ1n) is 5.45.